The minimum atomic E-state index is -0.551. The number of rotatable bonds is 5. The van der Waals surface area contributed by atoms with E-state index in [1.807, 2.05) is 0 Å². The smallest absolute Gasteiger partial charge is 0.337 e. The van der Waals surface area contributed by atoms with Gasteiger partial charge >= 0.3 is 5.97 Å². The summed E-state index contributed by atoms with van der Waals surface area (Å²) in [5.41, 5.74) is 6.38. The maximum Gasteiger partial charge on any atom is 0.337 e. The zero-order valence-corrected chi connectivity index (χ0v) is 12.7. The summed E-state index contributed by atoms with van der Waals surface area (Å²) in [6, 6.07) is 6.53. The number of ether oxygens (including phenoxy) is 1. The molecular weight excluding hydrogens is 300 g/mol. The fourth-order valence-corrected chi connectivity index (χ4v) is 1.96. The van der Waals surface area contributed by atoms with Gasteiger partial charge in [0.25, 0.3) is 0 Å². The molecule has 1 unspecified atom stereocenters. The van der Waals surface area contributed by atoms with E-state index in [2.05, 4.69) is 25.8 Å². The van der Waals surface area contributed by atoms with Crippen molar-refractivity contribution in [1.82, 2.24) is 10.9 Å². The van der Waals surface area contributed by atoms with E-state index < -0.39 is 11.9 Å². The summed E-state index contributed by atoms with van der Waals surface area (Å²) < 4.78 is 4.60. The lowest BCUT2D eigenvalue weighted by Crippen LogP contribution is -2.29. The molecule has 120 valence electrons. The Balaban J connectivity index is 1.86. The lowest BCUT2D eigenvalue weighted by atomic mass is 10.0. The largest absolute Gasteiger partial charge is 0.465 e. The van der Waals surface area contributed by atoms with Gasteiger partial charge in [-0.1, -0.05) is 12.1 Å². The Bertz CT molecular complexity index is 679. The molecule has 1 aliphatic heterocycles. The summed E-state index contributed by atoms with van der Waals surface area (Å²) in [7, 11) is 1.31. The summed E-state index contributed by atoms with van der Waals surface area (Å²) in [6.45, 7) is 1.68. The second kappa shape index (κ2) is 7.30. The first-order valence-electron chi connectivity index (χ1n) is 6.85. The minimum absolute atomic E-state index is 0.0141. The van der Waals surface area contributed by atoms with E-state index in [0.717, 1.165) is 0 Å². The third kappa shape index (κ3) is 4.22. The van der Waals surface area contributed by atoms with Crippen molar-refractivity contribution in [2.45, 2.75) is 13.3 Å². The van der Waals surface area contributed by atoms with E-state index in [0.29, 0.717) is 16.8 Å². The van der Waals surface area contributed by atoms with Crippen LogP contribution < -0.4 is 10.9 Å². The Labute approximate surface area is 132 Å². The molecular formula is C15H16N4O4. The van der Waals surface area contributed by atoms with Crippen LogP contribution in [0.25, 0.3) is 0 Å². The molecule has 1 heterocycles. The third-order valence-electron chi connectivity index (χ3n) is 3.29. The first-order valence-corrected chi connectivity index (χ1v) is 6.85. The summed E-state index contributed by atoms with van der Waals surface area (Å²) in [5, 5.41) is 7.59. The fourth-order valence-electron chi connectivity index (χ4n) is 1.96. The van der Waals surface area contributed by atoms with Crippen molar-refractivity contribution in [1.29, 1.82) is 0 Å². The van der Waals surface area contributed by atoms with E-state index in [9.17, 15) is 14.4 Å². The van der Waals surface area contributed by atoms with Gasteiger partial charge in [0.05, 0.1) is 24.8 Å². The maximum absolute atomic E-state index is 11.7. The molecule has 2 rings (SSSR count). The highest BCUT2D eigenvalue weighted by molar-refractivity contribution is 6.09. The monoisotopic (exact) mass is 316 g/mol. The van der Waals surface area contributed by atoms with Crippen molar-refractivity contribution in [3.8, 4) is 0 Å². The van der Waals surface area contributed by atoms with Crippen LogP contribution in [0.5, 0.6) is 0 Å². The quantitative estimate of drug-likeness (QED) is 0.466. The van der Waals surface area contributed by atoms with Gasteiger partial charge in [-0.05, 0) is 24.6 Å². The summed E-state index contributed by atoms with van der Waals surface area (Å²) >= 11 is 0. The van der Waals surface area contributed by atoms with Crippen LogP contribution in [-0.2, 0) is 14.3 Å². The number of carbonyl (C=O) groups excluding carboxylic acids is 3. The summed E-state index contributed by atoms with van der Waals surface area (Å²) in [5.74, 6) is -1.65. The first kappa shape index (κ1) is 16.3. The summed E-state index contributed by atoms with van der Waals surface area (Å²) in [4.78, 5) is 34.5. The van der Waals surface area contributed by atoms with Gasteiger partial charge in [0, 0.05) is 12.1 Å². The molecule has 23 heavy (non-hydrogen) atoms. The van der Waals surface area contributed by atoms with Crippen molar-refractivity contribution < 1.29 is 19.1 Å². The highest BCUT2D eigenvalue weighted by Crippen LogP contribution is 2.11. The van der Waals surface area contributed by atoms with Gasteiger partial charge < -0.3 is 4.74 Å². The molecule has 1 atom stereocenters. The van der Waals surface area contributed by atoms with Gasteiger partial charge in [-0.15, -0.1) is 0 Å². The average molecular weight is 316 g/mol. The predicted molar refractivity (Wildman–Crippen MR) is 82.9 cm³/mol. The van der Waals surface area contributed by atoms with Crippen molar-refractivity contribution >= 4 is 29.7 Å². The number of esters is 1. The van der Waals surface area contributed by atoms with E-state index in [1.165, 1.54) is 13.3 Å². The van der Waals surface area contributed by atoms with E-state index in [4.69, 9.17) is 0 Å². The second-order valence-corrected chi connectivity index (χ2v) is 4.89. The fraction of sp³-hybridized carbons (Fsp3) is 0.267. The standard InChI is InChI=1S/C15H16N4O4/c1-9-12(14(21)19-17-9)7-13(20)18-16-8-10-3-5-11(6-4-10)15(22)23-2/h3-6,8,12H,7H2,1-2H3,(H,18,20)(H,19,21). The van der Waals surface area contributed by atoms with E-state index >= 15 is 0 Å². The Morgan fingerprint density at radius 1 is 1.39 bits per heavy atom. The molecule has 0 fully saturated rings. The highest BCUT2D eigenvalue weighted by Gasteiger charge is 2.28. The molecule has 8 nitrogen and oxygen atoms in total. The second-order valence-electron chi connectivity index (χ2n) is 4.89. The molecule has 2 amide bonds. The lowest BCUT2D eigenvalue weighted by molar-refractivity contribution is -0.127. The van der Waals surface area contributed by atoms with Crippen LogP contribution in [0.4, 0.5) is 0 Å². The molecule has 0 spiro atoms. The molecule has 0 saturated heterocycles. The van der Waals surface area contributed by atoms with Gasteiger partial charge in [-0.25, -0.2) is 15.6 Å². The van der Waals surface area contributed by atoms with E-state index in [-0.39, 0.29) is 18.2 Å². The average Bonchev–Trinajstić information content (AvgIpc) is 2.86. The molecule has 0 bridgehead atoms. The predicted octanol–water partition coefficient (Wildman–Crippen LogP) is 0.435. The van der Waals surface area contributed by atoms with Crippen molar-refractivity contribution in [3.63, 3.8) is 0 Å². The van der Waals surface area contributed by atoms with Crippen molar-refractivity contribution in [3.05, 3.63) is 35.4 Å². The number of hydrogen-bond acceptors (Lipinski definition) is 6. The van der Waals surface area contributed by atoms with Crippen molar-refractivity contribution in [2.75, 3.05) is 7.11 Å². The Hall–Kier alpha value is -3.03. The molecule has 0 saturated carbocycles. The van der Waals surface area contributed by atoms with Crippen LogP contribution in [0.2, 0.25) is 0 Å². The molecule has 1 aromatic rings. The number of hydrogen-bond donors (Lipinski definition) is 2. The number of carbonyl (C=O) groups is 3. The zero-order valence-electron chi connectivity index (χ0n) is 12.7. The molecule has 0 aliphatic carbocycles. The van der Waals surface area contributed by atoms with Crippen LogP contribution >= 0.6 is 0 Å². The normalized spacial score (nSPS) is 16.9. The minimum Gasteiger partial charge on any atom is -0.465 e. The Morgan fingerprint density at radius 2 is 2.09 bits per heavy atom. The molecule has 1 aliphatic rings. The number of nitrogens with zero attached hydrogens (tertiary/aromatic N) is 2. The molecule has 0 aromatic heterocycles. The van der Waals surface area contributed by atoms with Gasteiger partial charge in [0.1, 0.15) is 0 Å². The van der Waals surface area contributed by atoms with Gasteiger partial charge in [-0.2, -0.15) is 10.2 Å². The number of nitrogens with one attached hydrogen (secondary N) is 2. The molecule has 1 aromatic carbocycles. The maximum atomic E-state index is 11.7. The van der Waals surface area contributed by atoms with Gasteiger partial charge in [-0.3, -0.25) is 9.59 Å². The van der Waals surface area contributed by atoms with Gasteiger partial charge in [0.15, 0.2) is 0 Å². The highest BCUT2D eigenvalue weighted by atomic mass is 16.5. The summed E-state index contributed by atoms with van der Waals surface area (Å²) in [6.07, 6.45) is 1.43. The number of benzene rings is 1. The first-order chi connectivity index (χ1) is 11.0. The van der Waals surface area contributed by atoms with Crippen LogP contribution in [0, 0.1) is 5.92 Å². The van der Waals surface area contributed by atoms with E-state index in [1.54, 1.807) is 31.2 Å². The lowest BCUT2D eigenvalue weighted by Gasteiger charge is -2.05. The zero-order chi connectivity index (χ0) is 16.8. The number of hydrazone groups is 2. The van der Waals surface area contributed by atoms with Crippen LogP contribution in [0.1, 0.15) is 29.3 Å². The number of methoxy groups -OCH3 is 1. The van der Waals surface area contributed by atoms with Crippen LogP contribution in [0.3, 0.4) is 0 Å². The third-order valence-corrected chi connectivity index (χ3v) is 3.29. The van der Waals surface area contributed by atoms with Crippen LogP contribution in [-0.4, -0.2) is 36.8 Å². The SMILES string of the molecule is COC(=O)c1ccc(C=NNC(=O)CC2C(=O)NN=C2C)cc1. The molecule has 8 heteroatoms. The Kier molecular flexibility index (Phi) is 5.19. The van der Waals surface area contributed by atoms with Crippen molar-refractivity contribution in [2.24, 2.45) is 16.1 Å². The number of amides is 2. The van der Waals surface area contributed by atoms with Gasteiger partial charge in [0.2, 0.25) is 11.8 Å². The molecule has 0 radical (unpaired) electrons. The Morgan fingerprint density at radius 3 is 2.65 bits per heavy atom. The molecule has 2 N–H and O–H groups in total. The topological polar surface area (TPSA) is 109 Å². The van der Waals surface area contributed by atoms with Crippen LogP contribution in [0.15, 0.2) is 34.5 Å².